The molecule has 0 bridgehead atoms. The number of rotatable bonds is 50. The van der Waals surface area contributed by atoms with E-state index in [1.165, 1.54) is 14.2 Å². The largest absolute Gasteiger partial charge is 0.379 e. The third-order valence-electron chi connectivity index (χ3n) is 17.3. The fraction of sp³-hybridized carbons (Fsp3) is 0.696. The van der Waals surface area contributed by atoms with Crippen molar-refractivity contribution in [2.75, 3.05) is 134 Å². The van der Waals surface area contributed by atoms with Crippen molar-refractivity contribution >= 4 is 53.2 Å². The van der Waals surface area contributed by atoms with Crippen LogP contribution in [0.2, 0.25) is 0 Å². The minimum absolute atomic E-state index is 0.00703. The summed E-state index contributed by atoms with van der Waals surface area (Å²) in [4.78, 5) is 137. The van der Waals surface area contributed by atoms with E-state index in [1.807, 2.05) is 90.9 Å². The zero-order valence-electron chi connectivity index (χ0n) is 59.3. The van der Waals surface area contributed by atoms with Crippen LogP contribution in [0.4, 0.5) is 0 Å². The third kappa shape index (κ3) is 27.2. The Kier molecular flexibility index (Phi) is 38.6. The highest BCUT2D eigenvalue weighted by Gasteiger charge is 2.44. The second-order valence-corrected chi connectivity index (χ2v) is 25.3. The molecule has 7 N–H and O–H groups in total. The highest BCUT2D eigenvalue weighted by atomic mass is 16.7. The number of likely N-dealkylation sites (tertiary alicyclic amines) is 1. The number of carbonyl (C=O) groups excluding carboxylic acids is 9. The molecule has 97 heavy (non-hydrogen) atoms. The van der Waals surface area contributed by atoms with Crippen LogP contribution in [0.1, 0.15) is 126 Å². The quantitative estimate of drug-likeness (QED) is 0.0315. The fourth-order valence-corrected chi connectivity index (χ4v) is 11.9. The van der Waals surface area contributed by atoms with Gasteiger partial charge in [0.15, 0.2) is 0 Å². The van der Waals surface area contributed by atoms with Gasteiger partial charge in [0, 0.05) is 47.3 Å². The minimum Gasteiger partial charge on any atom is -0.379 e. The zero-order chi connectivity index (χ0) is 71.4. The Morgan fingerprint density at radius 3 is 1.74 bits per heavy atom. The lowest BCUT2D eigenvalue weighted by Crippen LogP contribution is -2.59. The molecule has 4 rings (SSSR count). The van der Waals surface area contributed by atoms with Crippen molar-refractivity contribution < 1.29 is 86.0 Å². The number of hydrogen-bond donors (Lipinski definition) is 6. The zero-order valence-corrected chi connectivity index (χ0v) is 59.3. The van der Waals surface area contributed by atoms with Crippen molar-refractivity contribution in [3.05, 3.63) is 71.3 Å². The molecular formula is C69H112N10O18. The lowest BCUT2D eigenvalue weighted by atomic mass is 9.89. The van der Waals surface area contributed by atoms with Crippen LogP contribution in [0.15, 0.2) is 54.6 Å². The number of unbranched alkanes of at least 4 members (excludes halogenated alkanes) is 1. The third-order valence-corrected chi connectivity index (χ3v) is 17.3. The van der Waals surface area contributed by atoms with Crippen molar-refractivity contribution in [3.63, 3.8) is 0 Å². The van der Waals surface area contributed by atoms with E-state index in [4.69, 9.17) is 48.6 Å². The number of nitrogens with two attached hydrogens (primary N) is 1. The van der Waals surface area contributed by atoms with Gasteiger partial charge in [-0.15, -0.1) is 10.5 Å². The van der Waals surface area contributed by atoms with Gasteiger partial charge in [-0.2, -0.15) is 0 Å². The van der Waals surface area contributed by atoms with Crippen LogP contribution in [-0.4, -0.2) is 256 Å². The molecule has 28 nitrogen and oxygen atoms in total. The van der Waals surface area contributed by atoms with E-state index < -0.39 is 89.9 Å². The van der Waals surface area contributed by atoms with E-state index >= 15 is 0 Å². The van der Waals surface area contributed by atoms with E-state index in [0.717, 1.165) is 5.56 Å². The number of amides is 8. The van der Waals surface area contributed by atoms with Gasteiger partial charge in [-0.25, -0.2) is 0 Å². The van der Waals surface area contributed by atoms with Crippen LogP contribution in [0.25, 0.3) is 0 Å². The first kappa shape index (κ1) is 82.9. The van der Waals surface area contributed by atoms with Crippen LogP contribution in [0.3, 0.4) is 0 Å². The first-order valence-electron chi connectivity index (χ1n) is 34.2. The lowest BCUT2D eigenvalue weighted by molar-refractivity contribution is -0.156. The molecule has 0 aromatic heterocycles. The van der Waals surface area contributed by atoms with Crippen molar-refractivity contribution in [3.8, 4) is 0 Å². The van der Waals surface area contributed by atoms with Gasteiger partial charge in [0.1, 0.15) is 18.1 Å². The van der Waals surface area contributed by atoms with Crippen LogP contribution in [0, 0.1) is 23.7 Å². The molecule has 546 valence electrons. The maximum atomic E-state index is 14.5. The summed E-state index contributed by atoms with van der Waals surface area (Å²) in [5, 5.41) is 12.4. The molecule has 2 aliphatic heterocycles. The fourth-order valence-electron chi connectivity index (χ4n) is 11.9. The molecule has 2 heterocycles. The Labute approximate surface area is 573 Å². The van der Waals surface area contributed by atoms with E-state index in [-0.39, 0.29) is 152 Å². The summed E-state index contributed by atoms with van der Waals surface area (Å²) in [7, 11) is 8.45. The number of carbonyl (C=O) groups is 9. The van der Waals surface area contributed by atoms with Crippen LogP contribution < -0.4 is 32.5 Å². The Morgan fingerprint density at radius 2 is 1.21 bits per heavy atom. The molecule has 0 spiro atoms. The van der Waals surface area contributed by atoms with Crippen LogP contribution in [0.5, 0.6) is 0 Å². The van der Waals surface area contributed by atoms with Crippen molar-refractivity contribution in [2.45, 2.75) is 155 Å². The second-order valence-electron chi connectivity index (χ2n) is 25.3. The van der Waals surface area contributed by atoms with Crippen LogP contribution >= 0.6 is 0 Å². The first-order chi connectivity index (χ1) is 46.5. The van der Waals surface area contributed by atoms with Gasteiger partial charge in [-0.3, -0.25) is 52.9 Å². The highest BCUT2D eigenvalue weighted by molar-refractivity contribution is 6.20. The van der Waals surface area contributed by atoms with E-state index in [2.05, 4.69) is 26.7 Å². The molecule has 8 amide bonds. The lowest BCUT2D eigenvalue weighted by Gasteiger charge is -2.41. The van der Waals surface area contributed by atoms with Gasteiger partial charge in [0.05, 0.1) is 133 Å². The summed E-state index contributed by atoms with van der Waals surface area (Å²) in [5.41, 5.74) is 9.57. The number of ether oxygens (including phenoxy) is 7. The molecule has 1 fully saturated rings. The number of nitrogens with zero attached hydrogens (tertiary/aromatic N) is 4. The van der Waals surface area contributed by atoms with E-state index in [0.29, 0.717) is 56.7 Å². The normalized spacial score (nSPS) is 16.7. The van der Waals surface area contributed by atoms with Crippen molar-refractivity contribution in [1.29, 1.82) is 0 Å². The van der Waals surface area contributed by atoms with E-state index in [9.17, 15) is 43.2 Å². The number of likely N-dealkylation sites (N-methyl/N-ethyl adjacent to an activating group) is 2. The Bertz CT molecular complexity index is 2690. The number of hydroxylamine groups is 3. The Balaban J connectivity index is 1.13. The molecule has 2 aromatic carbocycles. The average Bonchev–Trinajstić information content (AvgIpc) is 1.27. The summed E-state index contributed by atoms with van der Waals surface area (Å²) in [6, 6.07) is 11.8. The molecule has 28 heteroatoms. The molecule has 0 saturated carbocycles. The molecule has 0 radical (unpaired) electrons. The number of imide groups is 1. The second kappa shape index (κ2) is 45.2. The minimum atomic E-state index is -0.945. The molecule has 0 unspecified atom stereocenters. The van der Waals surface area contributed by atoms with Crippen molar-refractivity contribution in [2.24, 2.45) is 29.4 Å². The Hall–Kier alpha value is -6.57. The predicted molar refractivity (Wildman–Crippen MR) is 361 cm³/mol. The summed E-state index contributed by atoms with van der Waals surface area (Å²) in [6.45, 7) is 16.6. The van der Waals surface area contributed by atoms with Gasteiger partial charge in [0.25, 0.3) is 11.8 Å². The summed E-state index contributed by atoms with van der Waals surface area (Å²) in [5.74, 6) is -4.71. The molecule has 1 saturated heterocycles. The summed E-state index contributed by atoms with van der Waals surface area (Å²) in [6.07, 6.45) is 2.27. The van der Waals surface area contributed by atoms with Gasteiger partial charge in [-0.1, -0.05) is 97.4 Å². The van der Waals surface area contributed by atoms with Gasteiger partial charge < -0.3 is 74.8 Å². The van der Waals surface area contributed by atoms with E-state index in [1.54, 1.807) is 48.0 Å². The number of hydrogen-bond acceptors (Lipinski definition) is 21. The molecule has 10 atom stereocenters. The summed E-state index contributed by atoms with van der Waals surface area (Å²) < 4.78 is 40.0. The Morgan fingerprint density at radius 1 is 0.649 bits per heavy atom. The number of methoxy groups -OCH3 is 2. The standard InChI is InChI=1S/C69H112N10O18/c1-13-48(6)61(77(10)69(88)59(46(2)3)74-66(85)60(47(4)5)76(8)9)56(89-11)45-57(80)78-32-21-27-55(78)62(90-12)49(7)63(82)73-54(44-50-22-15-14-16-23-50)65(84)72-31-34-92-37-39-95-41-40-94-38-36-91-33-28-58(81)97-75-53(26-19-20-29-70)64(83)71-30-35-93-42-43-96-79-67(86)51-24-17-18-25-52(51)68(79)87/h14-18,22-25,46-49,53-56,59-62,75H,13,19-21,26-45,70H2,1-12H3,(H,71,83)(H,72,84)(H,73,82)(H,74,85)/t48-,49+,53-,54-,55-,56+,59-,60-,61-,62+/m0/s1. The number of benzene rings is 2. The maximum absolute atomic E-state index is 14.5. The molecule has 2 aromatic rings. The van der Waals surface area contributed by atoms with Gasteiger partial charge in [-0.05, 0) is 88.2 Å². The van der Waals surface area contributed by atoms with Gasteiger partial charge in [0.2, 0.25) is 35.4 Å². The first-order valence-corrected chi connectivity index (χ1v) is 34.2. The predicted octanol–water partition coefficient (Wildman–Crippen LogP) is 2.84. The number of nitrogens with one attached hydrogen (secondary N) is 5. The molecular weight excluding hydrogens is 1260 g/mol. The maximum Gasteiger partial charge on any atom is 0.327 e. The smallest absolute Gasteiger partial charge is 0.327 e. The van der Waals surface area contributed by atoms with Crippen LogP contribution in [-0.2, 0) is 82.8 Å². The molecule has 0 aliphatic carbocycles. The van der Waals surface area contributed by atoms with Crippen molar-refractivity contribution in [1.82, 2.24) is 46.5 Å². The topological polar surface area (TPSA) is 336 Å². The monoisotopic (exact) mass is 1370 g/mol. The number of fused-ring (bicyclic) bond motifs is 1. The van der Waals surface area contributed by atoms with Gasteiger partial charge >= 0.3 is 5.97 Å². The SMILES string of the molecule is CC[C@H](C)[C@@H]([C@@H](CC(=O)N1CCC[C@H]1[C@H](OC)[C@@H](C)C(=O)N[C@@H](Cc1ccccc1)C(=O)NCCOCCOCCOCCOCCC(=O)ON[C@@H](CCCCN)C(=O)NCCOCCON1C(=O)c2ccccc2C1=O)OC)N(C)C(=O)[C@@H](NC(=O)[C@H](C(C)C)N(C)C)C(C)C. The highest BCUT2D eigenvalue weighted by Crippen LogP contribution is 2.30. The summed E-state index contributed by atoms with van der Waals surface area (Å²) >= 11 is 0. The molecule has 2 aliphatic rings. The average molecular weight is 1370 g/mol.